The third-order valence-electron chi connectivity index (χ3n) is 7.93. The van der Waals surface area contributed by atoms with Crippen molar-refractivity contribution >= 4 is 39.1 Å². The number of amides is 2. The van der Waals surface area contributed by atoms with Gasteiger partial charge in [-0.15, -0.1) is 0 Å². The molecule has 1 aliphatic rings. The number of methoxy groups -OCH3 is 1. The Labute approximate surface area is 272 Å². The highest BCUT2D eigenvalue weighted by Gasteiger charge is 2.36. The molecular weight excluding hydrogens is 643 g/mol. The van der Waals surface area contributed by atoms with Gasteiger partial charge in [0.15, 0.2) is 0 Å². The zero-order valence-electron chi connectivity index (χ0n) is 25.6. The lowest BCUT2D eigenvalue weighted by Gasteiger charge is -2.35. The molecule has 3 aromatic carbocycles. The van der Waals surface area contributed by atoms with Crippen LogP contribution in [0.2, 0.25) is 5.02 Å². The second-order valence-corrected chi connectivity index (χ2v) is 13.7. The summed E-state index contributed by atoms with van der Waals surface area (Å²) in [6.07, 6.45) is 0.679. The molecule has 0 heterocycles. The summed E-state index contributed by atoms with van der Waals surface area (Å²) in [7, 11) is -2.84. The fraction of sp³-hybridized carbons (Fsp3) is 0.394. The Morgan fingerprint density at radius 1 is 0.978 bits per heavy atom. The molecule has 2 amide bonds. The van der Waals surface area contributed by atoms with Gasteiger partial charge in [0.1, 0.15) is 18.3 Å². The molecule has 0 bridgehead atoms. The number of ether oxygens (including phenoxy) is 1. The van der Waals surface area contributed by atoms with Crippen molar-refractivity contribution in [3.8, 4) is 5.75 Å². The lowest BCUT2D eigenvalue weighted by molar-refractivity contribution is -0.140. The number of hydrogen-bond acceptors (Lipinski definition) is 5. The summed E-state index contributed by atoms with van der Waals surface area (Å²) in [5.74, 6) is -0.707. The van der Waals surface area contributed by atoms with Crippen molar-refractivity contribution in [2.45, 2.75) is 63.3 Å². The van der Waals surface area contributed by atoms with Crippen LogP contribution in [0, 0.1) is 0 Å². The van der Waals surface area contributed by atoms with Crippen LogP contribution in [0.3, 0.4) is 0 Å². The number of alkyl halides is 3. The fourth-order valence-electron chi connectivity index (χ4n) is 5.54. The first-order valence-electron chi connectivity index (χ1n) is 14.9. The Bertz CT molecular complexity index is 1620. The number of benzene rings is 3. The van der Waals surface area contributed by atoms with E-state index < -0.39 is 51.9 Å². The Balaban J connectivity index is 1.78. The van der Waals surface area contributed by atoms with E-state index >= 15 is 0 Å². The molecule has 4 rings (SSSR count). The van der Waals surface area contributed by atoms with Gasteiger partial charge in [-0.1, -0.05) is 73.3 Å². The van der Waals surface area contributed by atoms with Crippen LogP contribution in [0.5, 0.6) is 5.75 Å². The molecule has 13 heteroatoms. The molecule has 3 aromatic rings. The summed E-state index contributed by atoms with van der Waals surface area (Å²) in [6, 6.07) is 17.0. The van der Waals surface area contributed by atoms with E-state index in [1.165, 1.54) is 12.0 Å². The third kappa shape index (κ3) is 9.38. The molecule has 0 unspecified atom stereocenters. The van der Waals surface area contributed by atoms with Crippen LogP contribution in [0.15, 0.2) is 72.8 Å². The summed E-state index contributed by atoms with van der Waals surface area (Å²) in [4.78, 5) is 29.6. The van der Waals surface area contributed by atoms with Crippen molar-refractivity contribution < 1.29 is 35.9 Å². The monoisotopic (exact) mass is 679 g/mol. The van der Waals surface area contributed by atoms with E-state index in [-0.39, 0.29) is 24.0 Å². The van der Waals surface area contributed by atoms with E-state index in [4.69, 9.17) is 16.3 Å². The normalized spacial score (nSPS) is 14.7. The number of rotatable bonds is 12. The second kappa shape index (κ2) is 15.2. The molecule has 1 N–H and O–H groups in total. The van der Waals surface area contributed by atoms with Crippen molar-refractivity contribution in [2.75, 3.05) is 24.2 Å². The Morgan fingerprint density at radius 3 is 2.28 bits per heavy atom. The maximum Gasteiger partial charge on any atom is 0.416 e. The highest BCUT2D eigenvalue weighted by molar-refractivity contribution is 7.92. The van der Waals surface area contributed by atoms with Crippen molar-refractivity contribution in [2.24, 2.45) is 0 Å². The minimum absolute atomic E-state index is 0.0790. The maximum atomic E-state index is 14.3. The Morgan fingerprint density at radius 2 is 1.65 bits per heavy atom. The maximum absolute atomic E-state index is 14.3. The third-order valence-corrected chi connectivity index (χ3v) is 9.38. The van der Waals surface area contributed by atoms with Gasteiger partial charge >= 0.3 is 6.18 Å². The topological polar surface area (TPSA) is 96.0 Å². The van der Waals surface area contributed by atoms with Crippen LogP contribution in [0.1, 0.15) is 48.8 Å². The van der Waals surface area contributed by atoms with Crippen molar-refractivity contribution in [3.63, 3.8) is 0 Å². The molecule has 1 saturated carbocycles. The largest absolute Gasteiger partial charge is 0.497 e. The SMILES string of the molecule is COc1cccc(CN(C(=O)CN(c2cc(C(F)(F)F)ccc2Cl)S(C)(=O)=O)[C@H](Cc2ccccc2)C(=O)NC2CCCCC2)c1. The average Bonchev–Trinajstić information content (AvgIpc) is 3.01. The summed E-state index contributed by atoms with van der Waals surface area (Å²) >= 11 is 6.23. The standard InChI is InChI=1S/C33H37ClF3N3O5S/c1-45-27-15-9-12-24(18-27)21-39(30(19-23-10-5-3-6-11-23)32(42)38-26-13-7-4-8-14-26)31(41)22-40(46(2,43)44)29-20-25(33(35,36)37)16-17-28(29)34/h3,5-6,9-12,15-18,20,26,30H,4,7-8,13-14,19,21-22H2,1-2H3,(H,38,42)/t30-/m1/s1. The molecule has 0 spiro atoms. The highest BCUT2D eigenvalue weighted by Crippen LogP contribution is 2.36. The first-order valence-corrected chi connectivity index (χ1v) is 17.1. The molecule has 0 aliphatic heterocycles. The zero-order valence-corrected chi connectivity index (χ0v) is 27.2. The van der Waals surface area contributed by atoms with Crippen LogP contribution >= 0.6 is 11.6 Å². The van der Waals surface area contributed by atoms with Gasteiger partial charge in [0.05, 0.1) is 29.6 Å². The summed E-state index contributed by atoms with van der Waals surface area (Å²) in [5.41, 5.74) is -0.273. The number of halogens is 4. The van der Waals surface area contributed by atoms with Gasteiger partial charge in [0.2, 0.25) is 21.8 Å². The van der Waals surface area contributed by atoms with E-state index in [1.54, 1.807) is 36.4 Å². The lowest BCUT2D eigenvalue weighted by Crippen LogP contribution is -2.55. The van der Waals surface area contributed by atoms with E-state index in [1.807, 2.05) is 18.2 Å². The van der Waals surface area contributed by atoms with Gasteiger partial charge in [-0.3, -0.25) is 13.9 Å². The van der Waals surface area contributed by atoms with Gasteiger partial charge in [-0.2, -0.15) is 13.2 Å². The molecule has 1 aliphatic carbocycles. The van der Waals surface area contributed by atoms with Crippen LogP contribution in [-0.4, -0.2) is 57.1 Å². The number of nitrogens with one attached hydrogen (secondary N) is 1. The van der Waals surface area contributed by atoms with E-state index in [0.717, 1.165) is 56.1 Å². The predicted octanol–water partition coefficient (Wildman–Crippen LogP) is 6.22. The van der Waals surface area contributed by atoms with Crippen LogP contribution in [0.25, 0.3) is 0 Å². The number of nitrogens with zero attached hydrogens (tertiary/aromatic N) is 2. The van der Waals surface area contributed by atoms with Gasteiger partial charge in [0, 0.05) is 19.0 Å². The molecule has 248 valence electrons. The van der Waals surface area contributed by atoms with Crippen molar-refractivity contribution in [3.05, 3.63) is 94.5 Å². The van der Waals surface area contributed by atoms with Crippen LogP contribution in [-0.2, 0) is 38.8 Å². The minimum atomic E-state index is -4.79. The first kappa shape index (κ1) is 35.1. The summed E-state index contributed by atoms with van der Waals surface area (Å²) in [5, 5.41) is 2.81. The van der Waals surface area contributed by atoms with E-state index in [0.29, 0.717) is 21.7 Å². The lowest BCUT2D eigenvalue weighted by atomic mass is 9.94. The van der Waals surface area contributed by atoms with Gasteiger partial charge in [-0.05, 0) is 54.3 Å². The summed E-state index contributed by atoms with van der Waals surface area (Å²) in [6.45, 7) is -1.01. The number of sulfonamides is 1. The predicted molar refractivity (Wildman–Crippen MR) is 171 cm³/mol. The molecular formula is C33H37ClF3N3O5S. The minimum Gasteiger partial charge on any atom is -0.497 e. The average molecular weight is 680 g/mol. The number of hydrogen-bond donors (Lipinski definition) is 1. The molecule has 0 saturated heterocycles. The Hall–Kier alpha value is -3.77. The first-order chi connectivity index (χ1) is 21.8. The molecule has 0 aromatic heterocycles. The number of carbonyl (C=O) groups is 2. The van der Waals surface area contributed by atoms with Gasteiger partial charge in [0.25, 0.3) is 0 Å². The highest BCUT2D eigenvalue weighted by atomic mass is 35.5. The summed E-state index contributed by atoms with van der Waals surface area (Å²) < 4.78 is 72.8. The zero-order chi connectivity index (χ0) is 33.5. The van der Waals surface area contributed by atoms with Gasteiger partial charge < -0.3 is 15.0 Å². The Kier molecular flexibility index (Phi) is 11.6. The molecule has 8 nitrogen and oxygen atoms in total. The molecule has 1 atom stereocenters. The van der Waals surface area contributed by atoms with Crippen LogP contribution < -0.4 is 14.4 Å². The van der Waals surface area contributed by atoms with Crippen molar-refractivity contribution in [1.82, 2.24) is 10.2 Å². The second-order valence-electron chi connectivity index (χ2n) is 11.4. The fourth-order valence-corrected chi connectivity index (χ4v) is 6.66. The number of anilines is 1. The van der Waals surface area contributed by atoms with E-state index in [9.17, 15) is 31.2 Å². The molecule has 0 radical (unpaired) electrons. The quantitative estimate of drug-likeness (QED) is 0.245. The number of carbonyl (C=O) groups excluding carboxylic acids is 2. The molecule has 1 fully saturated rings. The molecule has 46 heavy (non-hydrogen) atoms. The van der Waals surface area contributed by atoms with Gasteiger partial charge in [-0.25, -0.2) is 8.42 Å². The van der Waals surface area contributed by atoms with Crippen LogP contribution in [0.4, 0.5) is 18.9 Å². The smallest absolute Gasteiger partial charge is 0.416 e. The van der Waals surface area contributed by atoms with Crippen molar-refractivity contribution in [1.29, 1.82) is 0 Å². The van der Waals surface area contributed by atoms with E-state index in [2.05, 4.69) is 5.32 Å².